The zero-order chi connectivity index (χ0) is 15.1. The largest absolute Gasteiger partial charge is 0.383 e. The summed E-state index contributed by atoms with van der Waals surface area (Å²) < 4.78 is 0. The van der Waals surface area contributed by atoms with E-state index < -0.39 is 0 Å². The molecule has 4 aromatic rings. The molecule has 0 bridgehead atoms. The second-order valence-electron chi connectivity index (χ2n) is 5.54. The van der Waals surface area contributed by atoms with Crippen LogP contribution < -0.4 is 5.73 Å². The van der Waals surface area contributed by atoms with Gasteiger partial charge in [-0.1, -0.05) is 60.7 Å². The van der Waals surface area contributed by atoms with Gasteiger partial charge in [0.15, 0.2) is 0 Å². The Kier molecular flexibility index (Phi) is 2.83. The number of nitrogen functional groups attached to an aromatic ring is 1. The van der Waals surface area contributed by atoms with Crippen molar-refractivity contribution in [3.8, 4) is 11.1 Å². The number of anilines is 1. The third kappa shape index (κ3) is 1.85. The second kappa shape index (κ2) is 4.85. The van der Waals surface area contributed by atoms with Gasteiger partial charge in [0.2, 0.25) is 0 Å². The Hall–Kier alpha value is -2.87. The highest BCUT2D eigenvalue weighted by atomic mass is 14.8. The van der Waals surface area contributed by atoms with Crippen LogP contribution in [0.5, 0.6) is 0 Å². The third-order valence-corrected chi connectivity index (χ3v) is 4.23. The van der Waals surface area contributed by atoms with Crippen LogP contribution in [0.2, 0.25) is 0 Å². The molecule has 22 heavy (non-hydrogen) atoms. The first kappa shape index (κ1) is 12.8. The minimum Gasteiger partial charge on any atom is -0.383 e. The first-order valence-corrected chi connectivity index (χ1v) is 7.38. The molecule has 0 aliphatic heterocycles. The van der Waals surface area contributed by atoms with Crippen molar-refractivity contribution >= 4 is 27.5 Å². The number of aromatic nitrogens is 1. The Morgan fingerprint density at radius 1 is 0.773 bits per heavy atom. The van der Waals surface area contributed by atoms with Gasteiger partial charge >= 0.3 is 0 Å². The fourth-order valence-corrected chi connectivity index (χ4v) is 3.12. The lowest BCUT2D eigenvalue weighted by Gasteiger charge is -2.14. The maximum absolute atomic E-state index is 6.16. The molecule has 2 nitrogen and oxygen atoms in total. The number of benzene rings is 3. The fraction of sp³-hybridized carbons (Fsp3) is 0.0500. The SMILES string of the molecule is Cc1c(N)nc2ccccc2c1-c1cccc2ccccc12. The number of nitrogens with two attached hydrogens (primary N) is 1. The summed E-state index contributed by atoms with van der Waals surface area (Å²) in [4.78, 5) is 4.52. The van der Waals surface area contributed by atoms with E-state index in [1.165, 1.54) is 21.9 Å². The number of hydrogen-bond acceptors (Lipinski definition) is 2. The van der Waals surface area contributed by atoms with Gasteiger partial charge in [0.1, 0.15) is 5.82 Å². The van der Waals surface area contributed by atoms with Crippen molar-refractivity contribution in [2.45, 2.75) is 6.92 Å². The fourth-order valence-electron chi connectivity index (χ4n) is 3.12. The molecule has 0 spiro atoms. The van der Waals surface area contributed by atoms with Crippen LogP contribution in [0.4, 0.5) is 5.82 Å². The molecular weight excluding hydrogens is 268 g/mol. The Morgan fingerprint density at radius 3 is 2.32 bits per heavy atom. The first-order valence-electron chi connectivity index (χ1n) is 7.38. The van der Waals surface area contributed by atoms with Crippen molar-refractivity contribution in [1.82, 2.24) is 4.98 Å². The molecule has 0 saturated heterocycles. The van der Waals surface area contributed by atoms with Gasteiger partial charge in [0.25, 0.3) is 0 Å². The van der Waals surface area contributed by atoms with E-state index in [-0.39, 0.29) is 0 Å². The lowest BCUT2D eigenvalue weighted by atomic mass is 9.92. The maximum atomic E-state index is 6.16. The quantitative estimate of drug-likeness (QED) is 0.537. The molecule has 106 valence electrons. The molecule has 0 saturated carbocycles. The average Bonchev–Trinajstić information content (AvgIpc) is 2.56. The van der Waals surface area contributed by atoms with E-state index in [1.54, 1.807) is 0 Å². The van der Waals surface area contributed by atoms with Crippen LogP contribution >= 0.6 is 0 Å². The normalized spacial score (nSPS) is 11.1. The molecule has 0 fully saturated rings. The van der Waals surface area contributed by atoms with Crippen LogP contribution in [0.3, 0.4) is 0 Å². The number of fused-ring (bicyclic) bond motifs is 2. The van der Waals surface area contributed by atoms with Crippen molar-refractivity contribution in [1.29, 1.82) is 0 Å². The Morgan fingerprint density at radius 2 is 1.45 bits per heavy atom. The van der Waals surface area contributed by atoms with E-state index >= 15 is 0 Å². The van der Waals surface area contributed by atoms with Crippen LogP contribution in [-0.4, -0.2) is 4.98 Å². The number of para-hydroxylation sites is 1. The highest BCUT2D eigenvalue weighted by Gasteiger charge is 2.13. The van der Waals surface area contributed by atoms with Crippen molar-refractivity contribution < 1.29 is 0 Å². The molecular formula is C20H16N2. The van der Waals surface area contributed by atoms with Crippen LogP contribution in [-0.2, 0) is 0 Å². The Balaban J connectivity index is 2.19. The van der Waals surface area contributed by atoms with Gasteiger partial charge in [-0.15, -0.1) is 0 Å². The Bertz CT molecular complexity index is 998. The first-order chi connectivity index (χ1) is 10.8. The van der Waals surface area contributed by atoms with Crippen LogP contribution in [0.15, 0.2) is 66.7 Å². The molecule has 0 unspecified atom stereocenters. The Labute approximate surface area is 129 Å². The summed E-state index contributed by atoms with van der Waals surface area (Å²) in [7, 11) is 0. The van der Waals surface area contributed by atoms with Gasteiger partial charge in [-0.2, -0.15) is 0 Å². The van der Waals surface area contributed by atoms with Gasteiger partial charge in [-0.25, -0.2) is 4.98 Å². The highest BCUT2D eigenvalue weighted by molar-refractivity contribution is 6.06. The van der Waals surface area contributed by atoms with Crippen molar-refractivity contribution in [3.63, 3.8) is 0 Å². The molecule has 0 atom stereocenters. The van der Waals surface area contributed by atoms with Crippen LogP contribution in [0, 0.1) is 6.92 Å². The predicted molar refractivity (Wildman–Crippen MR) is 93.8 cm³/mol. The molecule has 0 radical (unpaired) electrons. The van der Waals surface area contributed by atoms with E-state index in [1.807, 2.05) is 25.1 Å². The summed E-state index contributed by atoms with van der Waals surface area (Å²) >= 11 is 0. The minimum absolute atomic E-state index is 0.599. The maximum Gasteiger partial charge on any atom is 0.127 e. The van der Waals surface area contributed by atoms with E-state index in [0.29, 0.717) is 5.82 Å². The number of pyridine rings is 1. The van der Waals surface area contributed by atoms with Crippen LogP contribution in [0.1, 0.15) is 5.56 Å². The number of rotatable bonds is 1. The summed E-state index contributed by atoms with van der Waals surface area (Å²) in [5, 5.41) is 3.62. The highest BCUT2D eigenvalue weighted by Crippen LogP contribution is 2.37. The van der Waals surface area contributed by atoms with E-state index in [9.17, 15) is 0 Å². The summed E-state index contributed by atoms with van der Waals surface area (Å²) in [5.41, 5.74) is 10.5. The van der Waals surface area contributed by atoms with Crippen molar-refractivity contribution in [2.75, 3.05) is 5.73 Å². The molecule has 1 heterocycles. The van der Waals surface area contributed by atoms with E-state index in [4.69, 9.17) is 5.73 Å². The molecule has 2 N–H and O–H groups in total. The number of hydrogen-bond donors (Lipinski definition) is 1. The summed E-state index contributed by atoms with van der Waals surface area (Å²) in [6.45, 7) is 2.05. The lowest BCUT2D eigenvalue weighted by molar-refractivity contribution is 1.34. The molecule has 1 aromatic heterocycles. The van der Waals surface area contributed by atoms with E-state index in [0.717, 1.165) is 16.5 Å². The van der Waals surface area contributed by atoms with E-state index in [2.05, 4.69) is 53.5 Å². The van der Waals surface area contributed by atoms with Gasteiger partial charge in [-0.3, -0.25) is 0 Å². The van der Waals surface area contributed by atoms with Crippen molar-refractivity contribution in [2.24, 2.45) is 0 Å². The molecule has 0 amide bonds. The zero-order valence-corrected chi connectivity index (χ0v) is 12.4. The minimum atomic E-state index is 0.599. The van der Waals surface area contributed by atoms with Gasteiger partial charge in [0.05, 0.1) is 5.52 Å². The lowest BCUT2D eigenvalue weighted by Crippen LogP contribution is -1.98. The molecule has 3 aromatic carbocycles. The monoisotopic (exact) mass is 284 g/mol. The van der Waals surface area contributed by atoms with Gasteiger partial charge < -0.3 is 5.73 Å². The smallest absolute Gasteiger partial charge is 0.127 e. The zero-order valence-electron chi connectivity index (χ0n) is 12.4. The van der Waals surface area contributed by atoms with Gasteiger partial charge in [0, 0.05) is 5.39 Å². The molecule has 4 rings (SSSR count). The van der Waals surface area contributed by atoms with Crippen molar-refractivity contribution in [3.05, 3.63) is 72.3 Å². The predicted octanol–water partition coefficient (Wildman–Crippen LogP) is 4.95. The standard InChI is InChI=1S/C20H16N2/c1-13-19(17-10-4-5-12-18(17)22-20(13)21)16-11-6-8-14-7-2-3-9-15(14)16/h2-12H,1H3,(H2,21,22). The summed E-state index contributed by atoms with van der Waals surface area (Å²) in [6.07, 6.45) is 0. The topological polar surface area (TPSA) is 38.9 Å². The molecule has 0 aliphatic carbocycles. The summed E-state index contributed by atoms with van der Waals surface area (Å²) in [6, 6.07) is 23.0. The second-order valence-corrected chi connectivity index (χ2v) is 5.54. The van der Waals surface area contributed by atoms with Gasteiger partial charge in [-0.05, 0) is 40.5 Å². The molecule has 2 heteroatoms. The third-order valence-electron chi connectivity index (χ3n) is 4.23. The van der Waals surface area contributed by atoms with Crippen LogP contribution in [0.25, 0.3) is 32.8 Å². The number of nitrogens with zero attached hydrogens (tertiary/aromatic N) is 1. The summed E-state index contributed by atoms with van der Waals surface area (Å²) in [5.74, 6) is 0.599. The average molecular weight is 284 g/mol. The molecule has 0 aliphatic rings.